The molecule has 1 nitrogen and oxygen atoms in total. The van der Waals surface area contributed by atoms with Gasteiger partial charge in [-0.2, -0.15) is 0 Å². The van der Waals surface area contributed by atoms with Crippen LogP contribution in [0.2, 0.25) is 0 Å². The summed E-state index contributed by atoms with van der Waals surface area (Å²) in [5, 5.41) is 8.83. The second kappa shape index (κ2) is 8.19. The van der Waals surface area contributed by atoms with Crippen molar-refractivity contribution in [2.75, 3.05) is 6.61 Å². The van der Waals surface area contributed by atoms with Gasteiger partial charge in [-0.05, 0) is 56.6 Å². The van der Waals surface area contributed by atoms with Crippen molar-refractivity contribution in [3.05, 3.63) is 58.7 Å². The van der Waals surface area contributed by atoms with Crippen molar-refractivity contribution in [3.63, 3.8) is 0 Å². The van der Waals surface area contributed by atoms with Gasteiger partial charge >= 0.3 is 0 Å². The van der Waals surface area contributed by atoms with Gasteiger partial charge in [-0.3, -0.25) is 0 Å². The van der Waals surface area contributed by atoms with Crippen LogP contribution in [0.25, 0.3) is 0 Å². The third-order valence-corrected chi connectivity index (χ3v) is 4.11. The first-order chi connectivity index (χ1) is 9.86. The van der Waals surface area contributed by atoms with Gasteiger partial charge in [0.1, 0.15) is 0 Å². The third-order valence-electron chi connectivity index (χ3n) is 4.11. The third kappa shape index (κ3) is 5.89. The molecular weight excluding hydrogens is 256 g/mol. The summed E-state index contributed by atoms with van der Waals surface area (Å²) >= 11 is 0. The molecule has 1 aliphatic carbocycles. The Morgan fingerprint density at radius 2 is 2.00 bits per heavy atom. The van der Waals surface area contributed by atoms with E-state index in [9.17, 15) is 0 Å². The molecule has 0 saturated carbocycles. The van der Waals surface area contributed by atoms with Gasteiger partial charge in [0.15, 0.2) is 0 Å². The molecule has 0 bridgehead atoms. The van der Waals surface area contributed by atoms with Crippen LogP contribution in [0.5, 0.6) is 0 Å². The molecule has 0 aromatic heterocycles. The maximum Gasteiger partial charge on any atom is 0.0614 e. The molecule has 0 fully saturated rings. The Labute approximate surface area is 130 Å². The van der Waals surface area contributed by atoms with E-state index in [1.165, 1.54) is 22.3 Å². The standard InChI is InChI=1S/C20H30O/c1-16(8-6-9-17(2)13-15-21)11-12-19-18(3)10-7-14-20(19,4)5/h7-8,10-13,21H,6,9,14-15H2,1-5H3/b12-11+,16-8+,17-13+. The van der Waals surface area contributed by atoms with E-state index in [2.05, 4.69) is 65.0 Å². The fourth-order valence-corrected chi connectivity index (χ4v) is 2.69. The molecule has 0 aromatic carbocycles. The predicted octanol–water partition coefficient (Wildman–Crippen LogP) is 5.51. The number of allylic oxidation sites excluding steroid dienone is 9. The van der Waals surface area contributed by atoms with Gasteiger partial charge in [-0.1, -0.05) is 61.4 Å². The minimum atomic E-state index is 0.143. The number of rotatable bonds is 6. The van der Waals surface area contributed by atoms with Crippen LogP contribution in [0.1, 0.15) is 53.9 Å². The summed E-state index contributed by atoms with van der Waals surface area (Å²) in [5.74, 6) is 0. The van der Waals surface area contributed by atoms with Gasteiger partial charge in [0.25, 0.3) is 0 Å². The number of aliphatic hydroxyl groups excluding tert-OH is 1. The van der Waals surface area contributed by atoms with E-state index < -0.39 is 0 Å². The molecule has 0 atom stereocenters. The Bertz CT molecular complexity index is 496. The van der Waals surface area contributed by atoms with Crippen LogP contribution in [0.15, 0.2) is 58.7 Å². The zero-order valence-corrected chi connectivity index (χ0v) is 14.2. The smallest absolute Gasteiger partial charge is 0.0614 e. The first-order valence-corrected chi connectivity index (χ1v) is 7.86. The summed E-state index contributed by atoms with van der Waals surface area (Å²) in [4.78, 5) is 0. The molecule has 1 N–H and O–H groups in total. The van der Waals surface area contributed by atoms with E-state index >= 15 is 0 Å². The highest BCUT2D eigenvalue weighted by molar-refractivity contribution is 5.41. The van der Waals surface area contributed by atoms with Gasteiger partial charge < -0.3 is 5.11 Å². The van der Waals surface area contributed by atoms with Gasteiger partial charge in [0.2, 0.25) is 0 Å². The van der Waals surface area contributed by atoms with Gasteiger partial charge in [0.05, 0.1) is 6.61 Å². The lowest BCUT2D eigenvalue weighted by Crippen LogP contribution is -2.16. The molecule has 1 heteroatoms. The second-order valence-electron chi connectivity index (χ2n) is 6.64. The van der Waals surface area contributed by atoms with Crippen molar-refractivity contribution < 1.29 is 5.11 Å². The fraction of sp³-hybridized carbons (Fsp3) is 0.500. The molecule has 0 aliphatic heterocycles. The van der Waals surface area contributed by atoms with Crippen LogP contribution < -0.4 is 0 Å². The lowest BCUT2D eigenvalue weighted by atomic mass is 9.75. The van der Waals surface area contributed by atoms with E-state index in [-0.39, 0.29) is 12.0 Å². The van der Waals surface area contributed by atoms with Crippen molar-refractivity contribution in [3.8, 4) is 0 Å². The average Bonchev–Trinajstić information content (AvgIpc) is 2.37. The van der Waals surface area contributed by atoms with Crippen molar-refractivity contribution >= 4 is 0 Å². The lowest BCUT2D eigenvalue weighted by Gasteiger charge is -2.29. The molecule has 116 valence electrons. The molecule has 21 heavy (non-hydrogen) atoms. The summed E-state index contributed by atoms with van der Waals surface area (Å²) in [5.41, 5.74) is 5.60. The molecule has 1 rings (SSSR count). The fourth-order valence-electron chi connectivity index (χ4n) is 2.69. The van der Waals surface area contributed by atoms with Crippen LogP contribution in [-0.4, -0.2) is 11.7 Å². The minimum Gasteiger partial charge on any atom is -0.392 e. The van der Waals surface area contributed by atoms with E-state index in [1.54, 1.807) is 0 Å². The largest absolute Gasteiger partial charge is 0.392 e. The summed E-state index contributed by atoms with van der Waals surface area (Å²) < 4.78 is 0. The topological polar surface area (TPSA) is 20.2 Å². The second-order valence-corrected chi connectivity index (χ2v) is 6.64. The first-order valence-electron chi connectivity index (χ1n) is 7.86. The van der Waals surface area contributed by atoms with Gasteiger partial charge in [-0.15, -0.1) is 0 Å². The maximum absolute atomic E-state index is 8.83. The molecule has 0 aromatic rings. The highest BCUT2D eigenvalue weighted by Crippen LogP contribution is 2.37. The Balaban J connectivity index is 2.67. The molecule has 0 saturated heterocycles. The number of aliphatic hydroxyl groups is 1. The lowest BCUT2D eigenvalue weighted by molar-refractivity contribution is 0.341. The Hall–Kier alpha value is -1.34. The highest BCUT2D eigenvalue weighted by Gasteiger charge is 2.23. The zero-order valence-electron chi connectivity index (χ0n) is 14.2. The predicted molar refractivity (Wildman–Crippen MR) is 93.2 cm³/mol. The average molecular weight is 286 g/mol. The molecule has 0 heterocycles. The molecule has 0 amide bonds. The van der Waals surface area contributed by atoms with Gasteiger partial charge in [-0.25, -0.2) is 0 Å². The number of hydrogen-bond donors (Lipinski definition) is 1. The van der Waals surface area contributed by atoms with Crippen LogP contribution in [0.3, 0.4) is 0 Å². The van der Waals surface area contributed by atoms with Crippen LogP contribution >= 0.6 is 0 Å². The van der Waals surface area contributed by atoms with E-state index in [1.807, 2.05) is 6.08 Å². The Kier molecular flexibility index (Phi) is 6.91. The van der Waals surface area contributed by atoms with Gasteiger partial charge in [0, 0.05) is 0 Å². The van der Waals surface area contributed by atoms with Crippen molar-refractivity contribution in [1.29, 1.82) is 0 Å². The normalized spacial score (nSPS) is 19.7. The van der Waals surface area contributed by atoms with Crippen molar-refractivity contribution in [2.24, 2.45) is 5.41 Å². The summed E-state index contributed by atoms with van der Waals surface area (Å²) in [6.07, 6.45) is 16.3. The molecular formula is C20H30O. The number of hydrogen-bond acceptors (Lipinski definition) is 1. The minimum absolute atomic E-state index is 0.143. The summed E-state index contributed by atoms with van der Waals surface area (Å²) in [6, 6.07) is 0. The zero-order chi connectivity index (χ0) is 15.9. The van der Waals surface area contributed by atoms with E-state index in [0.29, 0.717) is 0 Å². The van der Waals surface area contributed by atoms with Crippen molar-refractivity contribution in [1.82, 2.24) is 0 Å². The maximum atomic E-state index is 8.83. The van der Waals surface area contributed by atoms with Crippen LogP contribution in [0, 0.1) is 5.41 Å². The SMILES string of the molecule is CC1=C(/C=C/C(C)=C/CC/C(C)=C/CO)C(C)(C)CC=C1. The molecule has 0 unspecified atom stereocenters. The highest BCUT2D eigenvalue weighted by atomic mass is 16.2. The van der Waals surface area contributed by atoms with Crippen LogP contribution in [-0.2, 0) is 0 Å². The van der Waals surface area contributed by atoms with Crippen LogP contribution in [0.4, 0.5) is 0 Å². The molecule has 0 radical (unpaired) electrons. The first kappa shape index (κ1) is 17.7. The van der Waals surface area contributed by atoms with Crippen molar-refractivity contribution in [2.45, 2.75) is 53.9 Å². The molecule has 0 spiro atoms. The van der Waals surface area contributed by atoms with E-state index in [0.717, 1.165) is 19.3 Å². The Morgan fingerprint density at radius 1 is 1.29 bits per heavy atom. The monoisotopic (exact) mass is 286 g/mol. The summed E-state index contributed by atoms with van der Waals surface area (Å²) in [6.45, 7) is 11.2. The quantitative estimate of drug-likeness (QED) is 0.504. The van der Waals surface area contributed by atoms with E-state index in [4.69, 9.17) is 5.11 Å². The Morgan fingerprint density at radius 3 is 2.62 bits per heavy atom. The molecule has 1 aliphatic rings. The summed E-state index contributed by atoms with van der Waals surface area (Å²) in [7, 11) is 0.